The number of hydrogen-bond acceptors (Lipinski definition) is 5. The Kier molecular flexibility index (Phi) is 9.47. The van der Waals surface area contributed by atoms with Crippen molar-refractivity contribution in [2.24, 2.45) is 0 Å². The van der Waals surface area contributed by atoms with Gasteiger partial charge in [0, 0.05) is 37.3 Å². The van der Waals surface area contributed by atoms with E-state index in [0.29, 0.717) is 50.0 Å². The summed E-state index contributed by atoms with van der Waals surface area (Å²) in [7, 11) is 0. The van der Waals surface area contributed by atoms with Gasteiger partial charge in [0.15, 0.2) is 0 Å². The number of piperazine rings is 1. The molecule has 3 aromatic rings. The summed E-state index contributed by atoms with van der Waals surface area (Å²) in [5.41, 5.74) is 7.67. The monoisotopic (exact) mass is 627 g/mol. The molecule has 45 heavy (non-hydrogen) atoms. The number of halogens is 1. The highest BCUT2D eigenvalue weighted by atomic mass is 35.5. The number of ether oxygens (including phenoxy) is 2. The van der Waals surface area contributed by atoms with E-state index >= 15 is 0 Å². The Morgan fingerprint density at radius 3 is 2.44 bits per heavy atom. The van der Waals surface area contributed by atoms with Crippen LogP contribution in [0.4, 0.5) is 0 Å². The molecular weight excluding hydrogens is 586 g/mol. The second kappa shape index (κ2) is 13.7. The summed E-state index contributed by atoms with van der Waals surface area (Å²) in [5.74, 6) is 1.49. The van der Waals surface area contributed by atoms with Gasteiger partial charge in [0.25, 0.3) is 5.91 Å². The van der Waals surface area contributed by atoms with Crippen LogP contribution in [0.25, 0.3) is 5.57 Å². The third-order valence-corrected chi connectivity index (χ3v) is 9.60. The minimum absolute atomic E-state index is 0.0901. The minimum Gasteiger partial charge on any atom is -0.490 e. The van der Waals surface area contributed by atoms with E-state index in [2.05, 4.69) is 41.4 Å². The maximum Gasteiger partial charge on any atom is 0.252 e. The Labute approximate surface area is 271 Å². The van der Waals surface area contributed by atoms with E-state index in [4.69, 9.17) is 21.1 Å². The third-order valence-electron chi connectivity index (χ3n) is 9.30. The number of carbonyl (C=O) groups excluding carboxylic acids is 2. The van der Waals surface area contributed by atoms with Crippen molar-refractivity contribution in [2.45, 2.75) is 64.6 Å². The molecule has 0 radical (unpaired) electrons. The van der Waals surface area contributed by atoms with Crippen molar-refractivity contribution in [2.75, 3.05) is 32.8 Å². The van der Waals surface area contributed by atoms with Gasteiger partial charge in [-0.15, -0.1) is 0 Å². The highest BCUT2D eigenvalue weighted by Crippen LogP contribution is 2.37. The molecule has 3 aliphatic rings. The molecule has 2 amide bonds. The van der Waals surface area contributed by atoms with Gasteiger partial charge in [-0.1, -0.05) is 48.0 Å². The summed E-state index contributed by atoms with van der Waals surface area (Å²) in [4.78, 5) is 30.1. The summed E-state index contributed by atoms with van der Waals surface area (Å²) in [6.07, 6.45) is 4.49. The molecular formula is C37H42ClN3O4. The first-order valence-electron chi connectivity index (χ1n) is 16.0. The molecule has 2 aliphatic heterocycles. The van der Waals surface area contributed by atoms with Crippen molar-refractivity contribution in [3.05, 3.63) is 99.1 Å². The Hall–Kier alpha value is -3.81. The molecule has 2 bridgehead atoms. The SMILES string of the molecule is Cc1cc(Cl)c(OCCOc2ccc(C3=C(C(=O)N(CCc4ccccc4C)C4CC4)[C@H]4CN(C=O)CC(C3)N4)cc2)cc1C. The van der Waals surface area contributed by atoms with Crippen molar-refractivity contribution in [1.29, 1.82) is 0 Å². The fourth-order valence-corrected chi connectivity index (χ4v) is 6.81. The standard InChI is InChI=1S/C37H42ClN3O4/c1-24-6-4-5-7-27(24)14-15-41(30-10-11-30)37(43)36-32(20-29-21-40(23-42)22-34(36)39-29)28-8-12-31(13-9-28)44-16-17-45-35-19-26(3)25(2)18-33(35)38/h4-9,12-13,18-19,23,29-30,34,39H,10-11,14-17,20-22H2,1-3H3/t29?,34-/m1/s1. The van der Waals surface area contributed by atoms with Crippen molar-refractivity contribution in [1.82, 2.24) is 15.1 Å². The fourth-order valence-electron chi connectivity index (χ4n) is 6.54. The van der Waals surface area contributed by atoms with Crippen molar-refractivity contribution < 1.29 is 19.1 Å². The van der Waals surface area contributed by atoms with E-state index in [1.807, 2.05) is 50.2 Å². The molecule has 1 saturated carbocycles. The van der Waals surface area contributed by atoms with Gasteiger partial charge in [-0.3, -0.25) is 9.59 Å². The van der Waals surface area contributed by atoms with Crippen molar-refractivity contribution >= 4 is 29.5 Å². The number of nitrogens with one attached hydrogen (secondary N) is 1. The van der Waals surface area contributed by atoms with Gasteiger partial charge in [0.05, 0.1) is 11.1 Å². The zero-order valence-electron chi connectivity index (χ0n) is 26.4. The Bertz CT molecular complexity index is 1580. The molecule has 2 fully saturated rings. The zero-order valence-corrected chi connectivity index (χ0v) is 27.1. The quantitative estimate of drug-likeness (QED) is 0.200. The molecule has 8 heteroatoms. The largest absolute Gasteiger partial charge is 0.490 e. The van der Waals surface area contributed by atoms with E-state index in [9.17, 15) is 9.59 Å². The van der Waals surface area contributed by atoms with Gasteiger partial charge in [-0.2, -0.15) is 0 Å². The predicted molar refractivity (Wildman–Crippen MR) is 178 cm³/mol. The lowest BCUT2D eigenvalue weighted by Crippen LogP contribution is -2.60. The summed E-state index contributed by atoms with van der Waals surface area (Å²) in [5, 5.41) is 4.26. The Morgan fingerprint density at radius 1 is 0.978 bits per heavy atom. The number of amides is 2. The van der Waals surface area contributed by atoms with Gasteiger partial charge < -0.3 is 24.6 Å². The van der Waals surface area contributed by atoms with Gasteiger partial charge in [0.2, 0.25) is 6.41 Å². The third kappa shape index (κ3) is 7.21. The number of carbonyl (C=O) groups is 2. The normalized spacial score (nSPS) is 19.3. The van der Waals surface area contributed by atoms with Crippen LogP contribution in [-0.2, 0) is 16.0 Å². The van der Waals surface area contributed by atoms with Crippen molar-refractivity contribution in [3.63, 3.8) is 0 Å². The number of hydrogen-bond donors (Lipinski definition) is 1. The molecule has 7 nitrogen and oxygen atoms in total. The Morgan fingerprint density at radius 2 is 1.71 bits per heavy atom. The average molecular weight is 628 g/mol. The molecule has 0 aromatic heterocycles. The number of rotatable bonds is 12. The van der Waals surface area contributed by atoms with Crippen LogP contribution in [-0.4, -0.2) is 73.1 Å². The topological polar surface area (TPSA) is 71.1 Å². The lowest BCUT2D eigenvalue weighted by Gasteiger charge is -2.44. The molecule has 1 aliphatic carbocycles. The van der Waals surface area contributed by atoms with Gasteiger partial charge in [-0.05, 0) is 104 Å². The smallest absolute Gasteiger partial charge is 0.252 e. The molecule has 1 unspecified atom stereocenters. The van der Waals surface area contributed by atoms with Crippen molar-refractivity contribution in [3.8, 4) is 11.5 Å². The lowest BCUT2D eigenvalue weighted by molar-refractivity contribution is -0.129. The first-order valence-corrected chi connectivity index (χ1v) is 16.3. The molecule has 1 saturated heterocycles. The summed E-state index contributed by atoms with van der Waals surface area (Å²) in [6, 6.07) is 20.5. The molecule has 3 aromatic carbocycles. The number of aryl methyl sites for hydroxylation is 3. The van der Waals surface area contributed by atoms with Gasteiger partial charge in [0.1, 0.15) is 24.7 Å². The van der Waals surface area contributed by atoms with Crippen LogP contribution in [0.2, 0.25) is 5.02 Å². The molecule has 2 atom stereocenters. The predicted octanol–water partition coefficient (Wildman–Crippen LogP) is 5.91. The van der Waals surface area contributed by atoms with E-state index in [0.717, 1.165) is 59.3 Å². The zero-order chi connectivity index (χ0) is 31.5. The van der Waals surface area contributed by atoms with Gasteiger partial charge >= 0.3 is 0 Å². The van der Waals surface area contributed by atoms with Crippen LogP contribution in [0.5, 0.6) is 11.5 Å². The summed E-state index contributed by atoms with van der Waals surface area (Å²) >= 11 is 6.34. The number of nitrogens with zero attached hydrogens (tertiary/aromatic N) is 2. The van der Waals surface area contributed by atoms with Crippen LogP contribution in [0.3, 0.4) is 0 Å². The summed E-state index contributed by atoms with van der Waals surface area (Å²) < 4.78 is 11.9. The molecule has 1 N–H and O–H groups in total. The van der Waals surface area contributed by atoms with E-state index < -0.39 is 0 Å². The van der Waals surface area contributed by atoms with Crippen LogP contribution in [0.1, 0.15) is 47.1 Å². The van der Waals surface area contributed by atoms with Crippen LogP contribution < -0.4 is 14.8 Å². The molecule has 6 rings (SSSR count). The van der Waals surface area contributed by atoms with E-state index in [1.54, 1.807) is 4.90 Å². The number of fused-ring (bicyclic) bond motifs is 2. The van der Waals surface area contributed by atoms with E-state index in [1.165, 1.54) is 11.1 Å². The second-order valence-corrected chi connectivity index (χ2v) is 13.0. The first-order chi connectivity index (χ1) is 21.8. The second-order valence-electron chi connectivity index (χ2n) is 12.6. The lowest BCUT2D eigenvalue weighted by atomic mass is 9.83. The molecule has 236 valence electrons. The number of benzene rings is 3. The molecule has 0 spiro atoms. The van der Waals surface area contributed by atoms with E-state index in [-0.39, 0.29) is 24.0 Å². The van der Waals surface area contributed by atoms with Gasteiger partial charge in [-0.25, -0.2) is 0 Å². The maximum absolute atomic E-state index is 14.5. The first kappa shape index (κ1) is 31.2. The fraction of sp³-hybridized carbons (Fsp3) is 0.405. The molecule has 2 heterocycles. The highest BCUT2D eigenvalue weighted by Gasteiger charge is 2.42. The maximum atomic E-state index is 14.5. The minimum atomic E-state index is -0.199. The Balaban J connectivity index is 1.19. The van der Waals surface area contributed by atoms with Crippen LogP contribution >= 0.6 is 11.6 Å². The average Bonchev–Trinajstić information content (AvgIpc) is 3.88. The highest BCUT2D eigenvalue weighted by molar-refractivity contribution is 6.32. The van der Waals surface area contributed by atoms with Crippen LogP contribution in [0, 0.1) is 20.8 Å². The van der Waals surface area contributed by atoms with Crippen LogP contribution in [0.15, 0.2) is 66.2 Å². The summed E-state index contributed by atoms with van der Waals surface area (Å²) in [6.45, 7) is 8.75.